The summed E-state index contributed by atoms with van der Waals surface area (Å²) in [5.74, 6) is 0.728. The van der Waals surface area contributed by atoms with E-state index in [2.05, 4.69) is 40.1 Å². The molecular weight excluding hydrogens is 326 g/mol. The van der Waals surface area contributed by atoms with Crippen LogP contribution in [0.3, 0.4) is 0 Å². The van der Waals surface area contributed by atoms with E-state index in [-0.39, 0.29) is 17.5 Å². The SMILES string of the molecule is O=C(NN=C1CCC(c2ccccc2)CC1)N[C@H]1CCS(=O)(=O)C1. The molecule has 0 unspecified atom stereocenters. The predicted molar refractivity (Wildman–Crippen MR) is 93.8 cm³/mol. The fraction of sp³-hybridized carbons (Fsp3) is 0.529. The molecule has 1 aliphatic carbocycles. The van der Waals surface area contributed by atoms with Gasteiger partial charge in [-0.3, -0.25) is 0 Å². The Morgan fingerprint density at radius 1 is 1.08 bits per heavy atom. The lowest BCUT2D eigenvalue weighted by atomic mass is 9.83. The van der Waals surface area contributed by atoms with E-state index < -0.39 is 15.9 Å². The average molecular weight is 349 g/mol. The van der Waals surface area contributed by atoms with Crippen molar-refractivity contribution in [2.75, 3.05) is 11.5 Å². The number of rotatable bonds is 3. The van der Waals surface area contributed by atoms with E-state index >= 15 is 0 Å². The normalized spacial score (nSPS) is 25.9. The monoisotopic (exact) mass is 349 g/mol. The summed E-state index contributed by atoms with van der Waals surface area (Å²) in [4.78, 5) is 11.8. The molecule has 1 heterocycles. The van der Waals surface area contributed by atoms with E-state index in [1.54, 1.807) is 0 Å². The fourth-order valence-corrected chi connectivity index (χ4v) is 5.05. The fourth-order valence-electron chi connectivity index (χ4n) is 3.38. The van der Waals surface area contributed by atoms with Gasteiger partial charge in [0.1, 0.15) is 0 Å². The zero-order valence-electron chi connectivity index (χ0n) is 13.6. The number of carbonyl (C=O) groups excluding carboxylic acids is 1. The molecule has 1 saturated heterocycles. The van der Waals surface area contributed by atoms with Gasteiger partial charge in [-0.05, 0) is 43.6 Å². The van der Waals surface area contributed by atoms with Gasteiger partial charge >= 0.3 is 6.03 Å². The quantitative estimate of drug-likeness (QED) is 0.820. The highest BCUT2D eigenvalue weighted by atomic mass is 32.2. The van der Waals surface area contributed by atoms with E-state index in [9.17, 15) is 13.2 Å². The van der Waals surface area contributed by atoms with Gasteiger partial charge in [0.15, 0.2) is 9.84 Å². The number of hydrazone groups is 1. The molecule has 2 amide bonds. The molecular formula is C17H23N3O3S. The Bertz CT molecular complexity index is 706. The molecule has 0 aromatic heterocycles. The van der Waals surface area contributed by atoms with Gasteiger partial charge < -0.3 is 5.32 Å². The van der Waals surface area contributed by atoms with Crippen LogP contribution >= 0.6 is 0 Å². The molecule has 0 spiro atoms. The number of carbonyl (C=O) groups is 1. The smallest absolute Gasteiger partial charge is 0.333 e. The molecule has 1 atom stereocenters. The maximum absolute atomic E-state index is 11.8. The van der Waals surface area contributed by atoms with Gasteiger partial charge in [-0.15, -0.1) is 0 Å². The van der Waals surface area contributed by atoms with Crippen molar-refractivity contribution in [2.45, 2.75) is 44.1 Å². The molecule has 0 radical (unpaired) electrons. The number of urea groups is 1. The Labute approximate surface area is 142 Å². The van der Waals surface area contributed by atoms with Crippen LogP contribution in [0, 0.1) is 0 Å². The highest BCUT2D eigenvalue weighted by Crippen LogP contribution is 2.31. The lowest BCUT2D eigenvalue weighted by Gasteiger charge is -2.23. The van der Waals surface area contributed by atoms with E-state index in [1.807, 2.05) is 6.07 Å². The Morgan fingerprint density at radius 2 is 1.79 bits per heavy atom. The highest BCUT2D eigenvalue weighted by molar-refractivity contribution is 7.91. The van der Waals surface area contributed by atoms with Gasteiger partial charge in [-0.1, -0.05) is 30.3 Å². The molecule has 0 bridgehead atoms. The maximum atomic E-state index is 11.8. The molecule has 24 heavy (non-hydrogen) atoms. The van der Waals surface area contributed by atoms with Crippen LogP contribution in [0.15, 0.2) is 35.4 Å². The number of hydrogen-bond acceptors (Lipinski definition) is 4. The maximum Gasteiger partial charge on any atom is 0.335 e. The van der Waals surface area contributed by atoms with E-state index in [0.29, 0.717) is 12.3 Å². The summed E-state index contributed by atoms with van der Waals surface area (Å²) in [6.45, 7) is 0. The third-order valence-corrected chi connectivity index (χ3v) is 6.48. The highest BCUT2D eigenvalue weighted by Gasteiger charge is 2.28. The Morgan fingerprint density at radius 3 is 2.42 bits per heavy atom. The summed E-state index contributed by atoms with van der Waals surface area (Å²) in [6, 6.07) is 9.75. The van der Waals surface area contributed by atoms with Crippen molar-refractivity contribution in [3.8, 4) is 0 Å². The summed E-state index contributed by atoms with van der Waals surface area (Å²) in [6.07, 6.45) is 4.29. The predicted octanol–water partition coefficient (Wildman–Crippen LogP) is 2.19. The molecule has 6 nitrogen and oxygen atoms in total. The van der Waals surface area contributed by atoms with Crippen molar-refractivity contribution >= 4 is 21.6 Å². The minimum atomic E-state index is -2.99. The van der Waals surface area contributed by atoms with Crippen LogP contribution in [0.25, 0.3) is 0 Å². The minimum Gasteiger partial charge on any atom is -0.333 e. The van der Waals surface area contributed by atoms with Gasteiger partial charge in [0.05, 0.1) is 11.5 Å². The number of nitrogens with zero attached hydrogens (tertiary/aromatic N) is 1. The van der Waals surface area contributed by atoms with Crippen molar-refractivity contribution in [3.63, 3.8) is 0 Å². The Balaban J connectivity index is 1.44. The first-order valence-electron chi connectivity index (χ1n) is 8.39. The molecule has 2 aliphatic rings. The van der Waals surface area contributed by atoms with Crippen molar-refractivity contribution in [1.29, 1.82) is 0 Å². The largest absolute Gasteiger partial charge is 0.335 e. The van der Waals surface area contributed by atoms with E-state index in [4.69, 9.17) is 0 Å². The number of sulfone groups is 1. The van der Waals surface area contributed by atoms with Crippen LogP contribution < -0.4 is 10.7 Å². The molecule has 1 saturated carbocycles. The van der Waals surface area contributed by atoms with Crippen molar-refractivity contribution in [1.82, 2.24) is 10.7 Å². The molecule has 7 heteroatoms. The zero-order chi connectivity index (χ0) is 17.0. The Hall–Kier alpha value is -1.89. The molecule has 1 aromatic carbocycles. The van der Waals surface area contributed by atoms with Gasteiger partial charge in [0.25, 0.3) is 0 Å². The summed E-state index contributed by atoms with van der Waals surface area (Å²) in [7, 11) is -2.99. The second-order valence-electron chi connectivity index (χ2n) is 6.55. The lowest BCUT2D eigenvalue weighted by Crippen LogP contribution is -2.41. The molecule has 3 rings (SSSR count). The molecule has 2 N–H and O–H groups in total. The van der Waals surface area contributed by atoms with Gasteiger partial charge in [-0.25, -0.2) is 18.6 Å². The van der Waals surface area contributed by atoms with Gasteiger partial charge in [0, 0.05) is 11.8 Å². The lowest BCUT2D eigenvalue weighted by molar-refractivity contribution is 0.238. The van der Waals surface area contributed by atoms with E-state index in [1.165, 1.54) is 5.56 Å². The first kappa shape index (κ1) is 17.0. The number of benzene rings is 1. The zero-order valence-corrected chi connectivity index (χ0v) is 14.4. The van der Waals surface area contributed by atoms with Crippen LogP contribution in [0.1, 0.15) is 43.6 Å². The Kier molecular flexibility index (Phi) is 5.18. The van der Waals surface area contributed by atoms with Crippen LogP contribution in [-0.4, -0.2) is 37.7 Å². The molecule has 1 aromatic rings. The molecule has 2 fully saturated rings. The topological polar surface area (TPSA) is 87.6 Å². The third-order valence-electron chi connectivity index (χ3n) is 4.72. The number of hydrogen-bond donors (Lipinski definition) is 2. The van der Waals surface area contributed by atoms with Crippen LogP contribution in [0.2, 0.25) is 0 Å². The summed E-state index contributed by atoms with van der Waals surface area (Å²) in [5.41, 5.74) is 4.87. The summed E-state index contributed by atoms with van der Waals surface area (Å²) < 4.78 is 22.8. The molecule has 1 aliphatic heterocycles. The second kappa shape index (κ2) is 7.34. The van der Waals surface area contributed by atoms with Crippen LogP contribution in [-0.2, 0) is 9.84 Å². The van der Waals surface area contributed by atoms with E-state index in [0.717, 1.165) is 31.4 Å². The van der Waals surface area contributed by atoms with Crippen molar-refractivity contribution in [2.24, 2.45) is 5.10 Å². The first-order chi connectivity index (χ1) is 11.5. The van der Waals surface area contributed by atoms with Crippen LogP contribution in [0.4, 0.5) is 4.79 Å². The standard InChI is InChI=1S/C17H23N3O3S/c21-17(18-16-10-11-24(22,23)12-16)20-19-15-8-6-14(7-9-15)13-4-2-1-3-5-13/h1-5,14,16H,6-12H2,(H2,18,20,21)/t14?,16-/m0/s1. The summed E-state index contributed by atoms with van der Waals surface area (Å²) >= 11 is 0. The number of amides is 2. The van der Waals surface area contributed by atoms with Crippen molar-refractivity contribution < 1.29 is 13.2 Å². The average Bonchev–Trinajstić information content (AvgIpc) is 2.93. The second-order valence-corrected chi connectivity index (χ2v) is 8.78. The first-order valence-corrected chi connectivity index (χ1v) is 10.2. The molecule has 130 valence electrons. The van der Waals surface area contributed by atoms with Gasteiger partial charge in [0.2, 0.25) is 0 Å². The third kappa shape index (κ3) is 4.56. The van der Waals surface area contributed by atoms with Crippen LogP contribution in [0.5, 0.6) is 0 Å². The minimum absolute atomic E-state index is 0.0236. The van der Waals surface area contributed by atoms with Gasteiger partial charge in [-0.2, -0.15) is 5.10 Å². The number of nitrogens with one attached hydrogen (secondary N) is 2. The summed E-state index contributed by atoms with van der Waals surface area (Å²) in [5, 5.41) is 6.87. The van der Waals surface area contributed by atoms with Crippen molar-refractivity contribution in [3.05, 3.63) is 35.9 Å².